The molecule has 0 aromatic carbocycles. The quantitative estimate of drug-likeness (QED) is 0.702. The molecule has 0 aromatic heterocycles. The number of nitrogens with two attached hydrogens (primary N) is 1. The van der Waals surface area contributed by atoms with Crippen LogP contribution in [0.2, 0.25) is 0 Å². The van der Waals surface area contributed by atoms with Gasteiger partial charge in [-0.1, -0.05) is 33.6 Å². The van der Waals surface area contributed by atoms with Gasteiger partial charge in [-0.15, -0.1) is 0 Å². The fourth-order valence-corrected chi connectivity index (χ4v) is 2.28. The van der Waals surface area contributed by atoms with Gasteiger partial charge < -0.3 is 16.2 Å². The minimum Gasteiger partial charge on any atom is -0.481 e. The fraction of sp³-hybridized carbons (Fsp3) is 0.846. The molecule has 1 atom stereocenters. The molecule has 1 amide bonds. The molecule has 4 N–H and O–H groups in total. The average Bonchev–Trinajstić information content (AvgIpc) is 2.73. The first kappa shape index (κ1) is 15.0. The van der Waals surface area contributed by atoms with Gasteiger partial charge in [0.2, 0.25) is 5.91 Å². The van der Waals surface area contributed by atoms with E-state index < -0.39 is 17.4 Å². The Hall–Kier alpha value is -1.10. The molecule has 0 bridgehead atoms. The number of amides is 1. The summed E-state index contributed by atoms with van der Waals surface area (Å²) in [6.45, 7) is 5.85. The Balaban J connectivity index is 2.59. The minimum atomic E-state index is -0.815. The van der Waals surface area contributed by atoms with Crippen LogP contribution in [0.1, 0.15) is 46.5 Å². The van der Waals surface area contributed by atoms with Crippen LogP contribution in [0.3, 0.4) is 0 Å². The van der Waals surface area contributed by atoms with Gasteiger partial charge in [0.05, 0.1) is 11.5 Å². The SMILES string of the molecule is CC(C)(C)C(N)C(=O)NCC1(C(=O)O)CCCC1. The van der Waals surface area contributed by atoms with Gasteiger partial charge in [-0.05, 0) is 18.3 Å². The molecular weight excluding hydrogens is 232 g/mol. The van der Waals surface area contributed by atoms with Crippen molar-refractivity contribution in [3.63, 3.8) is 0 Å². The third kappa shape index (κ3) is 3.22. The Labute approximate surface area is 108 Å². The van der Waals surface area contributed by atoms with Crippen molar-refractivity contribution in [3.05, 3.63) is 0 Å². The molecule has 104 valence electrons. The van der Waals surface area contributed by atoms with Crippen LogP contribution < -0.4 is 11.1 Å². The Kier molecular flexibility index (Phi) is 4.37. The molecule has 1 aliphatic carbocycles. The van der Waals surface area contributed by atoms with Gasteiger partial charge in [-0.2, -0.15) is 0 Å². The Morgan fingerprint density at radius 1 is 1.33 bits per heavy atom. The second-order valence-electron chi connectivity index (χ2n) is 6.35. The molecule has 1 saturated carbocycles. The van der Waals surface area contributed by atoms with E-state index in [-0.39, 0.29) is 17.9 Å². The van der Waals surface area contributed by atoms with Crippen molar-refractivity contribution >= 4 is 11.9 Å². The smallest absolute Gasteiger partial charge is 0.311 e. The molecular formula is C13H24N2O3. The molecule has 5 nitrogen and oxygen atoms in total. The maximum atomic E-state index is 11.9. The van der Waals surface area contributed by atoms with Crippen LogP contribution in [0.4, 0.5) is 0 Å². The van der Waals surface area contributed by atoms with Crippen molar-refractivity contribution < 1.29 is 14.7 Å². The first-order valence-corrected chi connectivity index (χ1v) is 6.46. The second kappa shape index (κ2) is 5.26. The zero-order chi connectivity index (χ0) is 14.0. The fourth-order valence-electron chi connectivity index (χ4n) is 2.28. The van der Waals surface area contributed by atoms with Crippen LogP contribution in [0.5, 0.6) is 0 Å². The molecule has 0 spiro atoms. The number of carboxylic acid groups (broad SMARTS) is 1. The molecule has 0 radical (unpaired) electrons. The molecule has 0 aromatic rings. The van der Waals surface area contributed by atoms with Crippen LogP contribution in [0.15, 0.2) is 0 Å². The summed E-state index contributed by atoms with van der Waals surface area (Å²) in [6, 6.07) is -0.621. The number of rotatable bonds is 4. The Morgan fingerprint density at radius 3 is 2.22 bits per heavy atom. The van der Waals surface area contributed by atoms with Crippen LogP contribution in [0.25, 0.3) is 0 Å². The monoisotopic (exact) mass is 256 g/mol. The predicted octanol–water partition coefficient (Wildman–Crippen LogP) is 1.12. The molecule has 1 fully saturated rings. The molecule has 1 rings (SSSR count). The van der Waals surface area contributed by atoms with Crippen molar-refractivity contribution in [2.75, 3.05) is 6.54 Å². The molecule has 0 heterocycles. The van der Waals surface area contributed by atoms with Gasteiger partial charge in [0.25, 0.3) is 0 Å². The van der Waals surface area contributed by atoms with E-state index in [0.29, 0.717) is 12.8 Å². The lowest BCUT2D eigenvalue weighted by Crippen LogP contribution is -2.51. The number of carbonyl (C=O) groups excluding carboxylic acids is 1. The van der Waals surface area contributed by atoms with Crippen molar-refractivity contribution in [3.8, 4) is 0 Å². The van der Waals surface area contributed by atoms with E-state index >= 15 is 0 Å². The maximum absolute atomic E-state index is 11.9. The lowest BCUT2D eigenvalue weighted by molar-refractivity contribution is -0.148. The highest BCUT2D eigenvalue weighted by Gasteiger charge is 2.42. The largest absolute Gasteiger partial charge is 0.481 e. The van der Waals surface area contributed by atoms with Crippen molar-refractivity contribution in [1.82, 2.24) is 5.32 Å². The summed E-state index contributed by atoms with van der Waals surface area (Å²) >= 11 is 0. The highest BCUT2D eigenvalue weighted by molar-refractivity contribution is 5.83. The lowest BCUT2D eigenvalue weighted by Gasteiger charge is -2.29. The number of hydrogen-bond donors (Lipinski definition) is 3. The number of aliphatic carboxylic acids is 1. The summed E-state index contributed by atoms with van der Waals surface area (Å²) in [4.78, 5) is 23.2. The summed E-state index contributed by atoms with van der Waals surface area (Å²) in [5.41, 5.74) is 4.73. The molecule has 1 aliphatic rings. The van der Waals surface area contributed by atoms with E-state index in [1.807, 2.05) is 20.8 Å². The topological polar surface area (TPSA) is 92.4 Å². The molecule has 0 saturated heterocycles. The summed E-state index contributed by atoms with van der Waals surface area (Å²) < 4.78 is 0. The lowest BCUT2D eigenvalue weighted by atomic mass is 9.84. The van der Waals surface area contributed by atoms with Crippen LogP contribution in [0, 0.1) is 10.8 Å². The predicted molar refractivity (Wildman–Crippen MR) is 69.0 cm³/mol. The first-order valence-electron chi connectivity index (χ1n) is 6.46. The average molecular weight is 256 g/mol. The van der Waals surface area contributed by atoms with Gasteiger partial charge in [-0.3, -0.25) is 9.59 Å². The number of hydrogen-bond acceptors (Lipinski definition) is 3. The maximum Gasteiger partial charge on any atom is 0.311 e. The molecule has 5 heteroatoms. The van der Waals surface area contributed by atoms with E-state index in [9.17, 15) is 14.7 Å². The summed E-state index contributed by atoms with van der Waals surface area (Å²) in [7, 11) is 0. The van der Waals surface area contributed by atoms with Crippen molar-refractivity contribution in [2.45, 2.75) is 52.5 Å². The number of carboxylic acids is 1. The summed E-state index contributed by atoms with van der Waals surface area (Å²) in [6.07, 6.45) is 3.09. The second-order valence-corrected chi connectivity index (χ2v) is 6.35. The number of nitrogens with one attached hydrogen (secondary N) is 1. The highest BCUT2D eigenvalue weighted by atomic mass is 16.4. The van der Waals surface area contributed by atoms with E-state index in [1.165, 1.54) is 0 Å². The van der Waals surface area contributed by atoms with Gasteiger partial charge in [0, 0.05) is 6.54 Å². The van der Waals surface area contributed by atoms with E-state index in [0.717, 1.165) is 12.8 Å². The normalized spacial score (nSPS) is 20.4. The standard InChI is InChI=1S/C13H24N2O3/c1-12(2,3)9(14)10(16)15-8-13(11(17)18)6-4-5-7-13/h9H,4-8,14H2,1-3H3,(H,15,16)(H,17,18). The Bertz CT molecular complexity index is 328. The van der Waals surface area contributed by atoms with Crippen LogP contribution >= 0.6 is 0 Å². The van der Waals surface area contributed by atoms with Gasteiger partial charge >= 0.3 is 5.97 Å². The first-order chi connectivity index (χ1) is 8.19. The summed E-state index contributed by atoms with van der Waals surface area (Å²) in [5, 5.41) is 12.0. The summed E-state index contributed by atoms with van der Waals surface area (Å²) in [5.74, 6) is -1.08. The van der Waals surface area contributed by atoms with E-state index in [4.69, 9.17) is 5.73 Å². The van der Waals surface area contributed by atoms with E-state index in [1.54, 1.807) is 0 Å². The third-order valence-electron chi connectivity index (χ3n) is 3.83. The zero-order valence-electron chi connectivity index (χ0n) is 11.5. The molecule has 18 heavy (non-hydrogen) atoms. The van der Waals surface area contributed by atoms with Gasteiger partial charge in [0.15, 0.2) is 0 Å². The van der Waals surface area contributed by atoms with Crippen LogP contribution in [-0.2, 0) is 9.59 Å². The molecule has 0 aliphatic heterocycles. The highest BCUT2D eigenvalue weighted by Crippen LogP contribution is 2.37. The van der Waals surface area contributed by atoms with Gasteiger partial charge in [0.1, 0.15) is 0 Å². The van der Waals surface area contributed by atoms with E-state index in [2.05, 4.69) is 5.32 Å². The zero-order valence-corrected chi connectivity index (χ0v) is 11.5. The Morgan fingerprint density at radius 2 is 1.83 bits per heavy atom. The minimum absolute atomic E-state index is 0.185. The third-order valence-corrected chi connectivity index (χ3v) is 3.83. The van der Waals surface area contributed by atoms with Crippen molar-refractivity contribution in [1.29, 1.82) is 0 Å². The number of carbonyl (C=O) groups is 2. The molecule has 1 unspecified atom stereocenters. The van der Waals surface area contributed by atoms with Crippen molar-refractivity contribution in [2.24, 2.45) is 16.6 Å². The van der Waals surface area contributed by atoms with Crippen LogP contribution in [-0.4, -0.2) is 29.6 Å². The van der Waals surface area contributed by atoms with Gasteiger partial charge in [-0.25, -0.2) is 0 Å².